The van der Waals surface area contributed by atoms with Crippen LogP contribution in [0.2, 0.25) is 0 Å². The molecule has 0 fully saturated rings. The molecular formula is C27H25NO4. The minimum atomic E-state index is -0.375. The van der Waals surface area contributed by atoms with Crippen molar-refractivity contribution >= 4 is 16.7 Å². The topological polar surface area (TPSA) is 51.9 Å². The van der Waals surface area contributed by atoms with Crippen molar-refractivity contribution < 1.29 is 13.9 Å². The standard InChI is InChI=1S/C27H25NO4/c1-4-18-6-5-7-21(12-18)28-15-20-13-24-23(19-8-10-22(30-3)11-9-19)14-25(29)32-27(24)17(2)26(20)31-16-28/h5-14H,4,15-16H2,1-3H3. The highest BCUT2D eigenvalue weighted by molar-refractivity contribution is 5.96. The summed E-state index contributed by atoms with van der Waals surface area (Å²) in [4.78, 5) is 14.6. The maximum absolute atomic E-state index is 12.4. The summed E-state index contributed by atoms with van der Waals surface area (Å²) in [7, 11) is 1.64. The summed E-state index contributed by atoms with van der Waals surface area (Å²) in [6, 6.07) is 19.9. The number of benzene rings is 3. The van der Waals surface area contributed by atoms with Gasteiger partial charge in [0.15, 0.2) is 6.73 Å². The lowest BCUT2D eigenvalue weighted by molar-refractivity contribution is 0.287. The Morgan fingerprint density at radius 3 is 2.62 bits per heavy atom. The van der Waals surface area contributed by atoms with E-state index in [4.69, 9.17) is 13.9 Å². The first-order chi connectivity index (χ1) is 15.6. The quantitative estimate of drug-likeness (QED) is 0.391. The third kappa shape index (κ3) is 3.50. The van der Waals surface area contributed by atoms with Crippen molar-refractivity contribution in [3.05, 3.63) is 87.8 Å². The van der Waals surface area contributed by atoms with Gasteiger partial charge in [0.05, 0.1) is 7.11 Å². The van der Waals surface area contributed by atoms with Crippen molar-refractivity contribution in [3.63, 3.8) is 0 Å². The predicted molar refractivity (Wildman–Crippen MR) is 127 cm³/mol. The fraction of sp³-hybridized carbons (Fsp3) is 0.222. The number of hydrogen-bond acceptors (Lipinski definition) is 5. The molecule has 4 aromatic rings. The van der Waals surface area contributed by atoms with E-state index in [0.717, 1.165) is 57.8 Å². The Balaban J connectivity index is 1.63. The second-order valence-corrected chi connectivity index (χ2v) is 8.07. The number of anilines is 1. The Morgan fingerprint density at radius 1 is 1.06 bits per heavy atom. The van der Waals surface area contributed by atoms with Gasteiger partial charge in [0.25, 0.3) is 0 Å². The average molecular weight is 428 g/mol. The fourth-order valence-electron chi connectivity index (χ4n) is 4.37. The molecule has 2 heterocycles. The zero-order valence-corrected chi connectivity index (χ0v) is 18.5. The first kappa shape index (κ1) is 20.2. The second kappa shape index (κ2) is 8.08. The zero-order valence-electron chi connectivity index (χ0n) is 18.5. The lowest BCUT2D eigenvalue weighted by Gasteiger charge is -2.32. The molecule has 5 nitrogen and oxygen atoms in total. The normalized spacial score (nSPS) is 13.0. The van der Waals surface area contributed by atoms with Crippen molar-refractivity contribution in [3.8, 4) is 22.6 Å². The van der Waals surface area contributed by atoms with Gasteiger partial charge in [-0.15, -0.1) is 0 Å². The summed E-state index contributed by atoms with van der Waals surface area (Å²) in [6.07, 6.45) is 0.993. The maximum atomic E-state index is 12.4. The van der Waals surface area contributed by atoms with E-state index in [-0.39, 0.29) is 5.63 Å². The lowest BCUT2D eigenvalue weighted by Crippen LogP contribution is -2.32. The molecule has 5 heteroatoms. The Bertz CT molecular complexity index is 1350. The van der Waals surface area contributed by atoms with Gasteiger partial charge in [0, 0.05) is 34.8 Å². The van der Waals surface area contributed by atoms with Gasteiger partial charge < -0.3 is 18.8 Å². The summed E-state index contributed by atoms with van der Waals surface area (Å²) in [5.41, 5.74) is 6.35. The van der Waals surface area contributed by atoms with Gasteiger partial charge in [-0.3, -0.25) is 0 Å². The Labute approximate surface area is 186 Å². The van der Waals surface area contributed by atoms with Gasteiger partial charge >= 0.3 is 5.63 Å². The van der Waals surface area contributed by atoms with E-state index in [0.29, 0.717) is 12.3 Å². The number of nitrogens with zero attached hydrogens (tertiary/aromatic N) is 1. The van der Waals surface area contributed by atoms with Crippen LogP contribution >= 0.6 is 0 Å². The lowest BCUT2D eigenvalue weighted by atomic mass is 9.96. The van der Waals surface area contributed by atoms with Crippen LogP contribution in [0.4, 0.5) is 5.69 Å². The molecule has 0 radical (unpaired) electrons. The van der Waals surface area contributed by atoms with Crippen molar-refractivity contribution in [2.24, 2.45) is 0 Å². The molecule has 3 aromatic carbocycles. The van der Waals surface area contributed by atoms with Crippen LogP contribution in [0.5, 0.6) is 11.5 Å². The van der Waals surface area contributed by atoms with Crippen molar-refractivity contribution in [2.75, 3.05) is 18.7 Å². The third-order valence-electron chi connectivity index (χ3n) is 6.10. The molecule has 162 valence electrons. The largest absolute Gasteiger partial charge is 0.497 e. The molecule has 0 N–H and O–H groups in total. The molecule has 0 spiro atoms. The highest BCUT2D eigenvalue weighted by atomic mass is 16.5. The number of rotatable bonds is 4. The minimum Gasteiger partial charge on any atom is -0.497 e. The van der Waals surface area contributed by atoms with E-state index in [1.54, 1.807) is 13.2 Å². The smallest absolute Gasteiger partial charge is 0.336 e. The van der Waals surface area contributed by atoms with Gasteiger partial charge in [0.2, 0.25) is 0 Å². The Kier molecular flexibility index (Phi) is 5.10. The number of aryl methyl sites for hydroxylation is 2. The molecule has 1 aliphatic heterocycles. The summed E-state index contributed by atoms with van der Waals surface area (Å²) < 4.78 is 17.1. The first-order valence-corrected chi connectivity index (χ1v) is 10.8. The molecule has 1 aromatic heterocycles. The van der Waals surface area contributed by atoms with E-state index < -0.39 is 0 Å². The Hall–Kier alpha value is -3.73. The van der Waals surface area contributed by atoms with Gasteiger partial charge in [-0.25, -0.2) is 4.79 Å². The van der Waals surface area contributed by atoms with Crippen LogP contribution in [-0.2, 0) is 13.0 Å². The maximum Gasteiger partial charge on any atom is 0.336 e. The summed E-state index contributed by atoms with van der Waals surface area (Å²) in [6.45, 7) is 5.29. The highest BCUT2D eigenvalue weighted by Crippen LogP contribution is 2.39. The molecule has 0 amide bonds. The van der Waals surface area contributed by atoms with E-state index in [2.05, 4.69) is 42.2 Å². The second-order valence-electron chi connectivity index (χ2n) is 8.07. The van der Waals surface area contributed by atoms with Crippen LogP contribution in [0.25, 0.3) is 22.1 Å². The number of fused-ring (bicyclic) bond motifs is 2. The molecule has 0 atom stereocenters. The van der Waals surface area contributed by atoms with Gasteiger partial charge in [-0.1, -0.05) is 31.2 Å². The van der Waals surface area contributed by atoms with Gasteiger partial charge in [-0.2, -0.15) is 0 Å². The van der Waals surface area contributed by atoms with Crippen molar-refractivity contribution in [1.29, 1.82) is 0 Å². The molecule has 0 bridgehead atoms. The summed E-state index contributed by atoms with van der Waals surface area (Å²) in [5, 5.41) is 0.902. The Morgan fingerprint density at radius 2 is 1.88 bits per heavy atom. The molecular weight excluding hydrogens is 402 g/mol. The molecule has 0 aliphatic carbocycles. The molecule has 5 rings (SSSR count). The number of hydrogen-bond donors (Lipinski definition) is 0. The molecule has 32 heavy (non-hydrogen) atoms. The monoisotopic (exact) mass is 427 g/mol. The van der Waals surface area contributed by atoms with Crippen LogP contribution in [0.15, 0.2) is 69.9 Å². The molecule has 0 unspecified atom stereocenters. The summed E-state index contributed by atoms with van der Waals surface area (Å²) in [5.74, 6) is 1.57. The molecule has 0 saturated heterocycles. The van der Waals surface area contributed by atoms with Crippen LogP contribution in [0.3, 0.4) is 0 Å². The number of methoxy groups -OCH3 is 1. The van der Waals surface area contributed by atoms with Crippen LogP contribution in [-0.4, -0.2) is 13.8 Å². The third-order valence-corrected chi connectivity index (χ3v) is 6.10. The first-order valence-electron chi connectivity index (χ1n) is 10.8. The van der Waals surface area contributed by atoms with E-state index in [1.165, 1.54) is 5.56 Å². The van der Waals surface area contributed by atoms with Crippen LogP contribution in [0, 0.1) is 6.92 Å². The summed E-state index contributed by atoms with van der Waals surface area (Å²) >= 11 is 0. The van der Waals surface area contributed by atoms with E-state index in [9.17, 15) is 4.79 Å². The minimum absolute atomic E-state index is 0.375. The van der Waals surface area contributed by atoms with Crippen LogP contribution in [0.1, 0.15) is 23.6 Å². The fourth-order valence-corrected chi connectivity index (χ4v) is 4.37. The molecule has 1 aliphatic rings. The average Bonchev–Trinajstić information content (AvgIpc) is 2.84. The van der Waals surface area contributed by atoms with E-state index in [1.807, 2.05) is 31.2 Å². The van der Waals surface area contributed by atoms with Crippen molar-refractivity contribution in [1.82, 2.24) is 0 Å². The van der Waals surface area contributed by atoms with Crippen molar-refractivity contribution in [2.45, 2.75) is 26.8 Å². The van der Waals surface area contributed by atoms with Gasteiger partial charge in [0.1, 0.15) is 17.1 Å². The zero-order chi connectivity index (χ0) is 22.2. The number of ether oxygens (including phenoxy) is 2. The van der Waals surface area contributed by atoms with Gasteiger partial charge in [-0.05, 0) is 60.4 Å². The van der Waals surface area contributed by atoms with Crippen LogP contribution < -0.4 is 20.0 Å². The predicted octanol–water partition coefficient (Wildman–Crippen LogP) is 5.70. The van der Waals surface area contributed by atoms with E-state index >= 15 is 0 Å². The highest BCUT2D eigenvalue weighted by Gasteiger charge is 2.23. The molecule has 0 saturated carbocycles. The SMILES string of the molecule is CCc1cccc(N2COc3c(cc4c(-c5ccc(OC)cc5)cc(=O)oc4c3C)C2)c1.